The van der Waals surface area contributed by atoms with Crippen molar-refractivity contribution in [3.05, 3.63) is 52.5 Å². The summed E-state index contributed by atoms with van der Waals surface area (Å²) >= 11 is 6.07. The third kappa shape index (κ3) is 3.45. The predicted molar refractivity (Wildman–Crippen MR) is 94.4 cm³/mol. The number of rotatable bonds is 4. The zero-order valence-corrected chi connectivity index (χ0v) is 14.7. The fourth-order valence-electron chi connectivity index (χ4n) is 2.48. The highest BCUT2D eigenvalue weighted by atomic mass is 35.5. The van der Waals surface area contributed by atoms with E-state index in [0.717, 1.165) is 0 Å². The number of fused-ring (bicyclic) bond motifs is 1. The number of carbonyl (C=O) groups is 2. The second kappa shape index (κ2) is 6.38. The number of anilines is 2. The molecule has 0 aliphatic carbocycles. The molecule has 0 saturated heterocycles. The van der Waals surface area contributed by atoms with Gasteiger partial charge < -0.3 is 10.6 Å². The number of hydrogen-bond donors (Lipinski definition) is 3. The molecule has 7 nitrogen and oxygen atoms in total. The van der Waals surface area contributed by atoms with Gasteiger partial charge in [0.2, 0.25) is 5.91 Å². The standard InChI is InChI=1S/C16H14ClN3O4S/c1-18-16(22)9-2-4-11(5-3-9)20-25(23,24)14-6-10-7-15(21)19-13(10)8-12(14)17/h2-6,8,20H,7H2,1H3,(H,18,22)(H,19,21). The molecule has 0 bridgehead atoms. The van der Waals surface area contributed by atoms with Gasteiger partial charge in [0.1, 0.15) is 4.90 Å². The number of amides is 2. The molecule has 2 aromatic carbocycles. The highest BCUT2D eigenvalue weighted by Crippen LogP contribution is 2.33. The van der Waals surface area contributed by atoms with Crippen LogP contribution in [0.5, 0.6) is 0 Å². The summed E-state index contributed by atoms with van der Waals surface area (Å²) in [4.78, 5) is 22.8. The predicted octanol–water partition coefficient (Wildman–Crippen LogP) is 2.00. The first-order valence-corrected chi connectivity index (χ1v) is 9.13. The summed E-state index contributed by atoms with van der Waals surface area (Å²) in [6, 6.07) is 8.78. The van der Waals surface area contributed by atoms with E-state index in [1.807, 2.05) is 0 Å². The number of nitrogens with one attached hydrogen (secondary N) is 3. The minimum absolute atomic E-state index is 0.00966. The van der Waals surface area contributed by atoms with Crippen molar-refractivity contribution in [3.63, 3.8) is 0 Å². The summed E-state index contributed by atoms with van der Waals surface area (Å²) in [5.41, 5.74) is 1.79. The average Bonchev–Trinajstić information content (AvgIpc) is 2.92. The van der Waals surface area contributed by atoms with Crippen LogP contribution in [-0.2, 0) is 21.2 Å². The highest BCUT2D eigenvalue weighted by Gasteiger charge is 2.25. The normalized spacial score (nSPS) is 13.1. The van der Waals surface area contributed by atoms with Gasteiger partial charge in [0.05, 0.1) is 11.4 Å². The maximum Gasteiger partial charge on any atom is 0.263 e. The van der Waals surface area contributed by atoms with Crippen molar-refractivity contribution in [2.24, 2.45) is 0 Å². The van der Waals surface area contributed by atoms with Gasteiger partial charge in [-0.1, -0.05) is 11.6 Å². The lowest BCUT2D eigenvalue weighted by molar-refractivity contribution is -0.115. The summed E-state index contributed by atoms with van der Waals surface area (Å²) in [5.74, 6) is -0.480. The molecule has 1 heterocycles. The topological polar surface area (TPSA) is 104 Å². The fraction of sp³-hybridized carbons (Fsp3) is 0.125. The Labute approximate surface area is 149 Å². The van der Waals surface area contributed by atoms with Gasteiger partial charge in [-0.25, -0.2) is 8.42 Å². The fourth-order valence-corrected chi connectivity index (χ4v) is 4.11. The van der Waals surface area contributed by atoms with Gasteiger partial charge in [0.25, 0.3) is 15.9 Å². The molecule has 1 aliphatic rings. The van der Waals surface area contributed by atoms with Gasteiger partial charge in [-0.2, -0.15) is 0 Å². The quantitative estimate of drug-likeness (QED) is 0.755. The number of benzene rings is 2. The molecule has 3 N–H and O–H groups in total. The van der Waals surface area contributed by atoms with Gasteiger partial charge in [-0.15, -0.1) is 0 Å². The number of hydrogen-bond acceptors (Lipinski definition) is 4. The van der Waals surface area contributed by atoms with Crippen LogP contribution in [0.3, 0.4) is 0 Å². The number of sulfonamides is 1. The minimum atomic E-state index is -3.94. The molecule has 0 spiro atoms. The Hall–Kier alpha value is -2.58. The van der Waals surface area contributed by atoms with Crippen LogP contribution in [0.15, 0.2) is 41.3 Å². The van der Waals surface area contributed by atoms with Crippen LogP contribution in [0, 0.1) is 0 Å². The van der Waals surface area contributed by atoms with Gasteiger partial charge >= 0.3 is 0 Å². The van der Waals surface area contributed by atoms with E-state index < -0.39 is 10.0 Å². The maximum absolute atomic E-state index is 12.6. The Bertz CT molecular complexity index is 972. The Balaban J connectivity index is 1.89. The summed E-state index contributed by atoms with van der Waals surface area (Å²) < 4.78 is 27.6. The van der Waals surface area contributed by atoms with Crippen molar-refractivity contribution in [1.29, 1.82) is 0 Å². The van der Waals surface area contributed by atoms with E-state index in [9.17, 15) is 18.0 Å². The van der Waals surface area contributed by atoms with Crippen LogP contribution < -0.4 is 15.4 Å². The third-order valence-electron chi connectivity index (χ3n) is 3.70. The van der Waals surface area contributed by atoms with Gasteiger partial charge in [-0.3, -0.25) is 14.3 Å². The van der Waals surface area contributed by atoms with Crippen molar-refractivity contribution >= 4 is 44.8 Å². The van der Waals surface area contributed by atoms with E-state index in [0.29, 0.717) is 22.5 Å². The monoisotopic (exact) mass is 379 g/mol. The summed E-state index contributed by atoms with van der Waals surface area (Å²) in [6.45, 7) is 0. The highest BCUT2D eigenvalue weighted by molar-refractivity contribution is 7.92. The van der Waals surface area contributed by atoms with E-state index in [-0.39, 0.29) is 28.2 Å². The summed E-state index contributed by atoms with van der Waals surface area (Å²) in [6.07, 6.45) is 0.107. The van der Waals surface area contributed by atoms with Crippen LogP contribution in [0.25, 0.3) is 0 Å². The number of halogens is 1. The van der Waals surface area contributed by atoms with Gasteiger partial charge in [0, 0.05) is 24.0 Å². The first kappa shape index (κ1) is 17.2. The molecule has 0 radical (unpaired) electrons. The molecule has 2 amide bonds. The lowest BCUT2D eigenvalue weighted by Gasteiger charge is -2.11. The molecule has 0 unspecified atom stereocenters. The van der Waals surface area contributed by atoms with Crippen LogP contribution in [0.2, 0.25) is 5.02 Å². The van der Waals surface area contributed by atoms with Crippen LogP contribution in [0.4, 0.5) is 11.4 Å². The van der Waals surface area contributed by atoms with E-state index in [4.69, 9.17) is 11.6 Å². The third-order valence-corrected chi connectivity index (χ3v) is 5.54. The summed E-state index contributed by atoms with van der Waals surface area (Å²) in [7, 11) is -2.43. The van der Waals surface area contributed by atoms with E-state index >= 15 is 0 Å². The average molecular weight is 380 g/mol. The van der Waals surface area contributed by atoms with Crippen molar-refractivity contribution in [1.82, 2.24) is 5.32 Å². The molecule has 130 valence electrons. The zero-order valence-electron chi connectivity index (χ0n) is 13.1. The molecule has 1 aliphatic heterocycles. The largest absolute Gasteiger partial charge is 0.355 e. The van der Waals surface area contributed by atoms with Crippen molar-refractivity contribution < 1.29 is 18.0 Å². The Morgan fingerprint density at radius 1 is 1.20 bits per heavy atom. The zero-order chi connectivity index (χ0) is 18.2. The second-order valence-electron chi connectivity index (χ2n) is 5.43. The maximum atomic E-state index is 12.6. The molecule has 0 saturated carbocycles. The van der Waals surface area contributed by atoms with Crippen LogP contribution in [0.1, 0.15) is 15.9 Å². The van der Waals surface area contributed by atoms with Crippen molar-refractivity contribution in [3.8, 4) is 0 Å². The molecular weight excluding hydrogens is 366 g/mol. The first-order chi connectivity index (χ1) is 11.8. The second-order valence-corrected chi connectivity index (χ2v) is 7.48. The van der Waals surface area contributed by atoms with Crippen LogP contribution >= 0.6 is 11.6 Å². The molecular formula is C16H14ClN3O4S. The number of carbonyl (C=O) groups excluding carboxylic acids is 2. The lowest BCUT2D eigenvalue weighted by atomic mass is 10.2. The molecule has 3 rings (SSSR count). The minimum Gasteiger partial charge on any atom is -0.355 e. The van der Waals surface area contributed by atoms with Crippen LogP contribution in [-0.4, -0.2) is 27.3 Å². The Morgan fingerprint density at radius 3 is 2.52 bits per heavy atom. The van der Waals surface area contributed by atoms with Crippen molar-refractivity contribution in [2.45, 2.75) is 11.3 Å². The van der Waals surface area contributed by atoms with Gasteiger partial charge in [0.15, 0.2) is 0 Å². The molecule has 0 atom stereocenters. The molecule has 9 heteroatoms. The molecule has 2 aromatic rings. The lowest BCUT2D eigenvalue weighted by Crippen LogP contribution is -2.18. The van der Waals surface area contributed by atoms with Gasteiger partial charge in [-0.05, 0) is 42.0 Å². The van der Waals surface area contributed by atoms with E-state index in [1.165, 1.54) is 43.4 Å². The first-order valence-electron chi connectivity index (χ1n) is 7.27. The Kier molecular flexibility index (Phi) is 4.40. The van der Waals surface area contributed by atoms with E-state index in [2.05, 4.69) is 15.4 Å². The molecule has 0 fully saturated rings. The smallest absolute Gasteiger partial charge is 0.263 e. The molecule has 0 aromatic heterocycles. The SMILES string of the molecule is CNC(=O)c1ccc(NS(=O)(=O)c2cc3c(cc2Cl)NC(=O)C3)cc1. The van der Waals surface area contributed by atoms with E-state index in [1.54, 1.807) is 0 Å². The molecule has 25 heavy (non-hydrogen) atoms. The Morgan fingerprint density at radius 2 is 1.88 bits per heavy atom. The van der Waals surface area contributed by atoms with Crippen molar-refractivity contribution in [2.75, 3.05) is 17.1 Å². The summed E-state index contributed by atoms with van der Waals surface area (Å²) in [5, 5.41) is 5.10.